The number of ether oxygens (including phenoxy) is 1. The molecule has 0 atom stereocenters. The number of anilines is 1. The molecule has 2 fully saturated rings. The van der Waals surface area contributed by atoms with Crippen molar-refractivity contribution >= 4 is 11.7 Å². The number of aromatic nitrogens is 2. The van der Waals surface area contributed by atoms with Crippen molar-refractivity contribution in [2.24, 2.45) is 5.92 Å². The van der Waals surface area contributed by atoms with E-state index in [2.05, 4.69) is 9.97 Å². The zero-order valence-electron chi connectivity index (χ0n) is 14.2. The molecule has 2 saturated heterocycles. The van der Waals surface area contributed by atoms with Gasteiger partial charge in [-0.1, -0.05) is 6.92 Å². The zero-order valence-corrected chi connectivity index (χ0v) is 14.2. The monoisotopic (exact) mass is 336 g/mol. The van der Waals surface area contributed by atoms with Gasteiger partial charge >= 0.3 is 0 Å². The standard InChI is InChI=1S/C17H25FN4O2/c1-2-14-16(18)17(20-12-19-14)22-5-3-13(4-6-22)11-15(23)21-7-9-24-10-8-21/h12-13H,2-11H2,1H3. The average molecular weight is 336 g/mol. The van der Waals surface area contributed by atoms with Crippen LogP contribution in [0.2, 0.25) is 0 Å². The number of carbonyl (C=O) groups is 1. The number of rotatable bonds is 4. The molecule has 1 aromatic heterocycles. The van der Waals surface area contributed by atoms with E-state index in [4.69, 9.17) is 4.74 Å². The van der Waals surface area contributed by atoms with E-state index in [1.807, 2.05) is 16.7 Å². The number of piperidine rings is 1. The Hall–Kier alpha value is -1.76. The Morgan fingerprint density at radius 3 is 2.62 bits per heavy atom. The fraction of sp³-hybridized carbons (Fsp3) is 0.706. The van der Waals surface area contributed by atoms with Crippen LogP contribution < -0.4 is 4.90 Å². The molecule has 132 valence electrons. The van der Waals surface area contributed by atoms with Crippen molar-refractivity contribution in [3.63, 3.8) is 0 Å². The van der Waals surface area contributed by atoms with Gasteiger partial charge in [0.25, 0.3) is 0 Å². The van der Waals surface area contributed by atoms with E-state index in [1.54, 1.807) is 0 Å². The number of aryl methyl sites for hydroxylation is 1. The van der Waals surface area contributed by atoms with E-state index < -0.39 is 0 Å². The zero-order chi connectivity index (χ0) is 16.9. The first-order valence-electron chi connectivity index (χ1n) is 8.79. The lowest BCUT2D eigenvalue weighted by molar-refractivity contribution is -0.136. The maximum atomic E-state index is 14.4. The maximum Gasteiger partial charge on any atom is 0.223 e. The quantitative estimate of drug-likeness (QED) is 0.837. The predicted molar refractivity (Wildman–Crippen MR) is 88.3 cm³/mol. The molecule has 24 heavy (non-hydrogen) atoms. The van der Waals surface area contributed by atoms with Gasteiger partial charge in [0, 0.05) is 32.6 Å². The molecule has 0 unspecified atom stereocenters. The molecule has 0 saturated carbocycles. The number of halogens is 1. The Morgan fingerprint density at radius 2 is 1.96 bits per heavy atom. The number of nitrogens with zero attached hydrogens (tertiary/aromatic N) is 4. The van der Waals surface area contributed by atoms with Crippen LogP contribution in [0.5, 0.6) is 0 Å². The Morgan fingerprint density at radius 1 is 1.25 bits per heavy atom. The Labute approximate surface area is 142 Å². The van der Waals surface area contributed by atoms with Gasteiger partial charge in [-0.05, 0) is 25.2 Å². The highest BCUT2D eigenvalue weighted by Crippen LogP contribution is 2.27. The van der Waals surface area contributed by atoms with Crippen LogP contribution in [-0.2, 0) is 16.0 Å². The summed E-state index contributed by atoms with van der Waals surface area (Å²) < 4.78 is 19.7. The van der Waals surface area contributed by atoms with Gasteiger partial charge in [-0.15, -0.1) is 0 Å². The third kappa shape index (κ3) is 3.83. The molecule has 0 bridgehead atoms. The number of amides is 1. The molecule has 0 spiro atoms. The lowest BCUT2D eigenvalue weighted by atomic mass is 9.93. The maximum absolute atomic E-state index is 14.4. The van der Waals surface area contributed by atoms with Gasteiger partial charge in [0.1, 0.15) is 6.33 Å². The van der Waals surface area contributed by atoms with Crippen molar-refractivity contribution in [3.8, 4) is 0 Å². The Bertz CT molecular complexity index is 570. The first kappa shape index (κ1) is 17.1. The van der Waals surface area contributed by atoms with Gasteiger partial charge in [0.15, 0.2) is 11.6 Å². The largest absolute Gasteiger partial charge is 0.378 e. The molecule has 0 N–H and O–H groups in total. The van der Waals surface area contributed by atoms with E-state index in [1.165, 1.54) is 6.33 Å². The van der Waals surface area contributed by atoms with E-state index in [9.17, 15) is 9.18 Å². The Balaban J connectivity index is 1.53. The summed E-state index contributed by atoms with van der Waals surface area (Å²) in [5, 5.41) is 0. The van der Waals surface area contributed by atoms with Crippen LogP contribution >= 0.6 is 0 Å². The lowest BCUT2D eigenvalue weighted by Gasteiger charge is -2.34. The van der Waals surface area contributed by atoms with Crippen LogP contribution in [0.25, 0.3) is 0 Å². The van der Waals surface area contributed by atoms with E-state index in [0.717, 1.165) is 25.9 Å². The summed E-state index contributed by atoms with van der Waals surface area (Å²) in [6.07, 6.45) is 4.36. The highest BCUT2D eigenvalue weighted by molar-refractivity contribution is 5.76. The van der Waals surface area contributed by atoms with Crippen molar-refractivity contribution in [1.82, 2.24) is 14.9 Å². The molecule has 3 heterocycles. The van der Waals surface area contributed by atoms with Crippen molar-refractivity contribution in [1.29, 1.82) is 0 Å². The normalized spacial score (nSPS) is 19.6. The number of hydrogen-bond donors (Lipinski definition) is 0. The lowest BCUT2D eigenvalue weighted by Crippen LogP contribution is -2.42. The number of hydrogen-bond acceptors (Lipinski definition) is 5. The van der Waals surface area contributed by atoms with Gasteiger partial charge < -0.3 is 14.5 Å². The van der Waals surface area contributed by atoms with Crippen LogP contribution in [0.4, 0.5) is 10.2 Å². The number of carbonyl (C=O) groups excluding carboxylic acids is 1. The minimum atomic E-state index is -0.303. The van der Waals surface area contributed by atoms with E-state index in [0.29, 0.717) is 56.6 Å². The fourth-order valence-corrected chi connectivity index (χ4v) is 3.40. The second-order valence-electron chi connectivity index (χ2n) is 6.44. The third-order valence-corrected chi connectivity index (χ3v) is 4.92. The van der Waals surface area contributed by atoms with Crippen LogP contribution in [0.15, 0.2) is 6.33 Å². The molecule has 2 aliphatic heterocycles. The van der Waals surface area contributed by atoms with Crippen LogP contribution in [0.1, 0.15) is 31.9 Å². The summed E-state index contributed by atoms with van der Waals surface area (Å²) >= 11 is 0. The topological polar surface area (TPSA) is 58.6 Å². The first-order valence-corrected chi connectivity index (χ1v) is 8.79. The highest BCUT2D eigenvalue weighted by Gasteiger charge is 2.27. The molecule has 6 nitrogen and oxygen atoms in total. The predicted octanol–water partition coefficient (Wildman–Crippen LogP) is 1.64. The van der Waals surface area contributed by atoms with Crippen LogP contribution in [0.3, 0.4) is 0 Å². The Kier molecular flexibility index (Phi) is 5.60. The molecular weight excluding hydrogens is 311 g/mol. The van der Waals surface area contributed by atoms with Gasteiger partial charge in [0.2, 0.25) is 5.91 Å². The summed E-state index contributed by atoms with van der Waals surface area (Å²) in [4.78, 5) is 24.3. The molecule has 0 aromatic carbocycles. The summed E-state index contributed by atoms with van der Waals surface area (Å²) in [6, 6.07) is 0. The average Bonchev–Trinajstić information content (AvgIpc) is 2.63. The van der Waals surface area contributed by atoms with Crippen molar-refractivity contribution in [3.05, 3.63) is 17.8 Å². The fourth-order valence-electron chi connectivity index (χ4n) is 3.40. The molecule has 7 heteroatoms. The summed E-state index contributed by atoms with van der Waals surface area (Å²) in [6.45, 7) is 6.02. The molecule has 0 radical (unpaired) electrons. The molecule has 3 rings (SSSR count). The van der Waals surface area contributed by atoms with Crippen molar-refractivity contribution in [2.45, 2.75) is 32.6 Å². The van der Waals surface area contributed by atoms with Gasteiger partial charge in [0.05, 0.1) is 18.9 Å². The minimum Gasteiger partial charge on any atom is -0.378 e. The summed E-state index contributed by atoms with van der Waals surface area (Å²) in [5.74, 6) is 0.688. The SMILES string of the molecule is CCc1ncnc(N2CCC(CC(=O)N3CCOCC3)CC2)c1F. The van der Waals surface area contributed by atoms with E-state index >= 15 is 0 Å². The smallest absolute Gasteiger partial charge is 0.223 e. The second kappa shape index (κ2) is 7.88. The minimum absolute atomic E-state index is 0.221. The molecule has 1 aromatic rings. The van der Waals surface area contributed by atoms with Crippen molar-refractivity contribution < 1.29 is 13.9 Å². The third-order valence-electron chi connectivity index (χ3n) is 4.92. The van der Waals surface area contributed by atoms with Crippen LogP contribution in [0, 0.1) is 11.7 Å². The number of morpholine rings is 1. The van der Waals surface area contributed by atoms with Gasteiger partial charge in [-0.3, -0.25) is 4.79 Å². The summed E-state index contributed by atoms with van der Waals surface area (Å²) in [5.41, 5.74) is 0.463. The molecular formula is C17H25FN4O2. The molecule has 0 aliphatic carbocycles. The van der Waals surface area contributed by atoms with Gasteiger partial charge in [-0.2, -0.15) is 0 Å². The summed E-state index contributed by atoms with van der Waals surface area (Å²) in [7, 11) is 0. The highest BCUT2D eigenvalue weighted by atomic mass is 19.1. The first-order chi connectivity index (χ1) is 11.7. The molecule has 1 amide bonds. The van der Waals surface area contributed by atoms with Crippen LogP contribution in [-0.4, -0.2) is 60.2 Å². The van der Waals surface area contributed by atoms with E-state index in [-0.39, 0.29) is 11.7 Å². The van der Waals surface area contributed by atoms with Crippen molar-refractivity contribution in [2.75, 3.05) is 44.3 Å². The molecule has 2 aliphatic rings. The van der Waals surface area contributed by atoms with Gasteiger partial charge in [-0.25, -0.2) is 14.4 Å². The second-order valence-corrected chi connectivity index (χ2v) is 6.44.